The highest BCUT2D eigenvalue weighted by atomic mass is 79.9. The second kappa shape index (κ2) is 10.4. The molecule has 0 atom stereocenters. The first-order valence-corrected chi connectivity index (χ1v) is 11.4. The average molecular weight is 534 g/mol. The lowest BCUT2D eigenvalue weighted by Gasteiger charge is -2.26. The van der Waals surface area contributed by atoms with E-state index in [0.717, 1.165) is 14.9 Å². The SMILES string of the molecule is Cc1ccc(NC(=O)COc2cccc(/C=C3/C(=O)NC(=O)N(c4ccc(Br)cc4)C3=O)c2)cc1. The quantitative estimate of drug-likeness (QED) is 0.360. The smallest absolute Gasteiger partial charge is 0.335 e. The summed E-state index contributed by atoms with van der Waals surface area (Å²) in [7, 11) is 0. The van der Waals surface area contributed by atoms with Gasteiger partial charge in [-0.05, 0) is 67.1 Å². The molecule has 0 bridgehead atoms. The number of rotatable bonds is 6. The molecule has 1 aliphatic rings. The van der Waals surface area contributed by atoms with Crippen LogP contribution in [-0.2, 0) is 14.4 Å². The Hall–Kier alpha value is -4.24. The number of nitrogens with one attached hydrogen (secondary N) is 2. The topological polar surface area (TPSA) is 105 Å². The zero-order valence-electron chi connectivity index (χ0n) is 18.6. The number of hydrogen-bond acceptors (Lipinski definition) is 5. The first-order chi connectivity index (χ1) is 16.8. The van der Waals surface area contributed by atoms with E-state index in [1.807, 2.05) is 19.1 Å². The Bertz CT molecular complexity index is 1330. The first-order valence-electron chi connectivity index (χ1n) is 10.6. The van der Waals surface area contributed by atoms with Gasteiger partial charge >= 0.3 is 6.03 Å². The summed E-state index contributed by atoms with van der Waals surface area (Å²) in [6.07, 6.45) is 1.37. The molecule has 1 saturated heterocycles. The molecule has 0 aliphatic carbocycles. The Balaban J connectivity index is 1.47. The monoisotopic (exact) mass is 533 g/mol. The fraction of sp³-hybridized carbons (Fsp3) is 0.0769. The van der Waals surface area contributed by atoms with Crippen molar-refractivity contribution in [2.24, 2.45) is 0 Å². The van der Waals surface area contributed by atoms with Gasteiger partial charge in [-0.15, -0.1) is 0 Å². The summed E-state index contributed by atoms with van der Waals surface area (Å²) in [5, 5.41) is 4.93. The van der Waals surface area contributed by atoms with Crippen molar-refractivity contribution in [2.45, 2.75) is 6.92 Å². The fourth-order valence-electron chi connectivity index (χ4n) is 3.33. The van der Waals surface area contributed by atoms with Crippen LogP contribution in [0.4, 0.5) is 16.2 Å². The Morgan fingerprint density at radius 2 is 1.74 bits per heavy atom. The molecule has 0 radical (unpaired) electrons. The molecule has 3 aromatic carbocycles. The summed E-state index contributed by atoms with van der Waals surface area (Å²) in [4.78, 5) is 50.8. The molecular weight excluding hydrogens is 514 g/mol. The molecule has 1 fully saturated rings. The average Bonchev–Trinajstić information content (AvgIpc) is 2.83. The summed E-state index contributed by atoms with van der Waals surface area (Å²) in [6.45, 7) is 1.73. The molecule has 9 heteroatoms. The van der Waals surface area contributed by atoms with E-state index in [2.05, 4.69) is 26.6 Å². The van der Waals surface area contributed by atoms with Crippen LogP contribution in [0.5, 0.6) is 5.75 Å². The number of amides is 5. The predicted molar refractivity (Wildman–Crippen MR) is 135 cm³/mol. The number of halogens is 1. The number of hydrogen-bond donors (Lipinski definition) is 2. The number of barbiturate groups is 1. The summed E-state index contributed by atoms with van der Waals surface area (Å²) in [5.41, 5.74) is 2.35. The number of carbonyl (C=O) groups excluding carboxylic acids is 4. The molecule has 1 heterocycles. The summed E-state index contributed by atoms with van der Waals surface area (Å²) >= 11 is 3.31. The van der Waals surface area contributed by atoms with Crippen LogP contribution in [0.15, 0.2) is 82.8 Å². The van der Waals surface area contributed by atoms with Gasteiger partial charge in [0.1, 0.15) is 11.3 Å². The fourth-order valence-corrected chi connectivity index (χ4v) is 3.59. The lowest BCUT2D eigenvalue weighted by atomic mass is 10.1. The van der Waals surface area contributed by atoms with E-state index in [-0.39, 0.29) is 18.1 Å². The van der Waals surface area contributed by atoms with Crippen LogP contribution in [0.25, 0.3) is 6.08 Å². The third-order valence-corrected chi connectivity index (χ3v) is 5.59. The van der Waals surface area contributed by atoms with Gasteiger partial charge in [-0.2, -0.15) is 0 Å². The number of anilines is 2. The van der Waals surface area contributed by atoms with Gasteiger partial charge in [-0.25, -0.2) is 9.69 Å². The van der Waals surface area contributed by atoms with E-state index in [9.17, 15) is 19.2 Å². The van der Waals surface area contributed by atoms with E-state index in [1.165, 1.54) is 6.08 Å². The molecule has 8 nitrogen and oxygen atoms in total. The zero-order valence-corrected chi connectivity index (χ0v) is 20.2. The molecule has 2 N–H and O–H groups in total. The molecule has 35 heavy (non-hydrogen) atoms. The maximum Gasteiger partial charge on any atom is 0.335 e. The number of nitrogens with zero attached hydrogens (tertiary/aromatic N) is 1. The van der Waals surface area contributed by atoms with Crippen LogP contribution in [0.3, 0.4) is 0 Å². The first kappa shape index (κ1) is 23.9. The van der Waals surface area contributed by atoms with Gasteiger partial charge in [-0.3, -0.25) is 19.7 Å². The molecule has 176 valence electrons. The normalized spacial score (nSPS) is 14.6. The van der Waals surface area contributed by atoms with E-state index in [1.54, 1.807) is 60.7 Å². The number of aryl methyl sites for hydroxylation is 1. The van der Waals surface area contributed by atoms with Crippen molar-refractivity contribution < 1.29 is 23.9 Å². The van der Waals surface area contributed by atoms with Gasteiger partial charge in [0.05, 0.1) is 5.69 Å². The molecular formula is C26H20BrN3O5. The van der Waals surface area contributed by atoms with Gasteiger partial charge in [0.25, 0.3) is 17.7 Å². The van der Waals surface area contributed by atoms with Crippen LogP contribution in [-0.4, -0.2) is 30.4 Å². The predicted octanol–water partition coefficient (Wildman–Crippen LogP) is 4.44. The summed E-state index contributed by atoms with van der Waals surface area (Å²) in [6, 6.07) is 19.7. The second-order valence-electron chi connectivity index (χ2n) is 7.71. The highest BCUT2D eigenvalue weighted by Crippen LogP contribution is 2.24. The number of ether oxygens (including phenoxy) is 1. The largest absolute Gasteiger partial charge is 0.484 e. The lowest BCUT2D eigenvalue weighted by Crippen LogP contribution is -2.54. The van der Waals surface area contributed by atoms with Crippen molar-refractivity contribution in [3.8, 4) is 5.75 Å². The van der Waals surface area contributed by atoms with Gasteiger partial charge in [-0.1, -0.05) is 45.8 Å². The molecule has 4 rings (SSSR count). The molecule has 0 spiro atoms. The second-order valence-corrected chi connectivity index (χ2v) is 8.63. The minimum Gasteiger partial charge on any atom is -0.484 e. The molecule has 0 unspecified atom stereocenters. The number of carbonyl (C=O) groups is 4. The van der Waals surface area contributed by atoms with Crippen molar-refractivity contribution in [1.29, 1.82) is 0 Å². The van der Waals surface area contributed by atoms with E-state index < -0.39 is 17.8 Å². The van der Waals surface area contributed by atoms with Gasteiger partial charge in [0, 0.05) is 10.2 Å². The molecule has 1 aliphatic heterocycles. The van der Waals surface area contributed by atoms with Crippen LogP contribution in [0, 0.1) is 6.92 Å². The van der Waals surface area contributed by atoms with Crippen LogP contribution in [0.2, 0.25) is 0 Å². The summed E-state index contributed by atoms with van der Waals surface area (Å²) in [5.74, 6) is -1.49. The van der Waals surface area contributed by atoms with Crippen LogP contribution in [0.1, 0.15) is 11.1 Å². The molecule has 0 saturated carbocycles. The minimum atomic E-state index is -0.823. The highest BCUT2D eigenvalue weighted by molar-refractivity contribution is 9.10. The highest BCUT2D eigenvalue weighted by Gasteiger charge is 2.36. The Morgan fingerprint density at radius 1 is 1.03 bits per heavy atom. The van der Waals surface area contributed by atoms with Gasteiger partial charge in [0.2, 0.25) is 0 Å². The Kier molecular flexibility index (Phi) is 7.07. The maximum atomic E-state index is 13.0. The van der Waals surface area contributed by atoms with E-state index in [4.69, 9.17) is 4.74 Å². The van der Waals surface area contributed by atoms with Gasteiger partial charge < -0.3 is 10.1 Å². The summed E-state index contributed by atoms with van der Waals surface area (Å²) < 4.78 is 6.35. The van der Waals surface area contributed by atoms with Crippen molar-refractivity contribution in [3.05, 3.63) is 94.0 Å². The van der Waals surface area contributed by atoms with Gasteiger partial charge in [0.15, 0.2) is 6.61 Å². The van der Waals surface area contributed by atoms with Crippen molar-refractivity contribution in [1.82, 2.24) is 5.32 Å². The van der Waals surface area contributed by atoms with E-state index in [0.29, 0.717) is 22.7 Å². The number of imide groups is 2. The third-order valence-electron chi connectivity index (χ3n) is 5.06. The lowest BCUT2D eigenvalue weighted by molar-refractivity contribution is -0.122. The van der Waals surface area contributed by atoms with Crippen LogP contribution >= 0.6 is 15.9 Å². The molecule has 0 aromatic heterocycles. The number of benzene rings is 3. The minimum absolute atomic E-state index is 0.207. The molecule has 3 aromatic rings. The van der Waals surface area contributed by atoms with E-state index >= 15 is 0 Å². The van der Waals surface area contributed by atoms with Crippen LogP contribution < -0.4 is 20.3 Å². The Morgan fingerprint density at radius 3 is 2.46 bits per heavy atom. The molecule has 5 amide bonds. The van der Waals surface area contributed by atoms with Crippen molar-refractivity contribution in [2.75, 3.05) is 16.8 Å². The third kappa shape index (κ3) is 5.82. The standard InChI is InChI=1S/C26H20BrN3O5/c1-16-5-9-19(10-6-16)28-23(31)15-35-21-4-2-3-17(13-21)14-22-24(32)29-26(34)30(25(22)33)20-11-7-18(27)8-12-20/h2-14H,15H2,1H3,(H,28,31)(H,29,32,34)/b22-14-. The van der Waals surface area contributed by atoms with Crippen molar-refractivity contribution >= 4 is 57.1 Å². The Labute approximate surface area is 209 Å². The van der Waals surface area contributed by atoms with Crippen molar-refractivity contribution in [3.63, 3.8) is 0 Å². The maximum absolute atomic E-state index is 13.0. The zero-order chi connectivity index (χ0) is 24.9. The number of urea groups is 1.